The van der Waals surface area contributed by atoms with E-state index in [2.05, 4.69) is 36.4 Å². The van der Waals surface area contributed by atoms with Gasteiger partial charge in [0.05, 0.1) is 0 Å². The summed E-state index contributed by atoms with van der Waals surface area (Å²) < 4.78 is 101. The first kappa shape index (κ1) is 36.7. The molecule has 3 aliphatic rings. The minimum absolute atomic E-state index is 0.286. The van der Waals surface area contributed by atoms with Gasteiger partial charge in [0.15, 0.2) is 0 Å². The molecule has 0 aromatic heterocycles. The van der Waals surface area contributed by atoms with E-state index in [0.717, 1.165) is 55.9 Å². The molecule has 10 heteroatoms. The van der Waals surface area contributed by atoms with Crippen molar-refractivity contribution in [3.63, 3.8) is 0 Å². The fraction of sp³-hybridized carbons (Fsp3) is 0.130. The average molecular weight is 850 g/mol. The van der Waals surface area contributed by atoms with Crippen LogP contribution in [0.1, 0.15) is 67.5 Å². The van der Waals surface area contributed by atoms with Crippen molar-refractivity contribution in [3.05, 3.63) is 212 Å². The molecule has 9 rings (SSSR count). The predicted octanol–water partition coefficient (Wildman–Crippen LogP) is 12.3. The van der Waals surface area contributed by atoms with Crippen LogP contribution < -0.4 is 5.63 Å². The number of hydrogen-bond acceptors (Lipinski definition) is 2. The second-order valence-electron chi connectivity index (χ2n) is 14.5. The van der Waals surface area contributed by atoms with E-state index in [1.165, 1.54) is 24.3 Å². The topological polar surface area (TPSA) is 18.5 Å². The Balaban J connectivity index is 1.42. The van der Waals surface area contributed by atoms with Gasteiger partial charge in [0.25, 0.3) is 0 Å². The molecule has 0 bridgehead atoms. The number of halogens is 6. The van der Waals surface area contributed by atoms with E-state index in [0.29, 0.717) is 23.2 Å². The summed E-state index contributed by atoms with van der Waals surface area (Å²) >= 11 is -2.40. The first-order valence-electron chi connectivity index (χ1n) is 18.2. The van der Waals surface area contributed by atoms with Crippen molar-refractivity contribution in [1.29, 1.82) is 0 Å². The van der Waals surface area contributed by atoms with Gasteiger partial charge >= 0.3 is 336 Å². The van der Waals surface area contributed by atoms with Crippen LogP contribution in [0, 0.1) is 0 Å². The molecular weight excluding hydrogens is 818 g/mol. The minimum atomic E-state index is -4.62. The van der Waals surface area contributed by atoms with Crippen molar-refractivity contribution in [3.8, 4) is 11.5 Å². The number of fused-ring (bicyclic) bond motifs is 10. The van der Waals surface area contributed by atoms with Gasteiger partial charge in [-0.05, 0) is 0 Å². The van der Waals surface area contributed by atoms with Gasteiger partial charge in [-0.15, -0.1) is 0 Å². The van der Waals surface area contributed by atoms with Crippen LogP contribution in [-0.2, 0) is 48.6 Å². The van der Waals surface area contributed by atoms with Crippen molar-refractivity contribution in [2.45, 2.75) is 36.3 Å². The summed E-state index contributed by atoms with van der Waals surface area (Å²) in [5, 5.41) is 1.97. The third kappa shape index (κ3) is 6.60. The first-order chi connectivity index (χ1) is 27.0. The summed E-state index contributed by atoms with van der Waals surface area (Å²) in [6.45, 7) is 0. The number of hydrogen-bond donors (Lipinski definition) is 0. The van der Waals surface area contributed by atoms with Gasteiger partial charge in [0.2, 0.25) is 0 Å². The third-order valence-electron chi connectivity index (χ3n) is 11.3. The fourth-order valence-electron chi connectivity index (χ4n) is 8.87. The molecule has 1 heterocycles. The van der Waals surface area contributed by atoms with E-state index >= 15 is 0 Å². The molecule has 0 N–H and O–H groups in total. The molecule has 56 heavy (non-hydrogen) atoms. The summed E-state index contributed by atoms with van der Waals surface area (Å²) in [4.78, 5) is 0. The van der Waals surface area contributed by atoms with Crippen LogP contribution in [0.5, 0.6) is 11.5 Å². The van der Waals surface area contributed by atoms with Crippen LogP contribution >= 0.6 is 0 Å². The normalized spacial score (nSPS) is 18.0. The SMILES string of the molecule is FC(F)(F)c1ccc2c(c1)C1C(=Cc3ccccc31)[Si](Cc1ccccc1)(Cc1ccccc1)C1=Cc3ccccc3C1c1cc(C(F)(F)F)ccc1[O][Zr][O]2. The summed E-state index contributed by atoms with van der Waals surface area (Å²) in [5.74, 6) is -0.692. The van der Waals surface area contributed by atoms with Crippen molar-refractivity contribution in [2.75, 3.05) is 0 Å². The standard InChI is InChI=1S/C46H34F6O2Si.Zr/c47-45(48,49)33-19-21-39(53)37(25-33)43-35-17-9-7-15-31(35)23-41(43)55(27-29-11-3-1-4-12-29,28-30-13-5-2-6-14-30)42-24-32-16-8-10-18-36(32)44(42)38-26-34(46(50,51)52)20-22-40(38)54;/h1-26,43-44,53-54H,27-28H2;/q;+2/p-2. The zero-order valence-corrected chi connectivity index (χ0v) is 33.1. The van der Waals surface area contributed by atoms with E-state index in [1.807, 2.05) is 84.9 Å². The average Bonchev–Trinajstić information content (AvgIpc) is 3.78. The van der Waals surface area contributed by atoms with E-state index in [4.69, 9.17) is 5.63 Å². The summed E-state index contributed by atoms with van der Waals surface area (Å²) in [7, 11) is -3.40. The molecule has 1 aliphatic heterocycles. The maximum atomic E-state index is 14.6. The van der Waals surface area contributed by atoms with Crippen LogP contribution in [-0.4, -0.2) is 8.07 Å². The summed E-state index contributed by atoms with van der Waals surface area (Å²) in [6.07, 6.45) is -4.90. The van der Waals surface area contributed by atoms with E-state index in [9.17, 15) is 26.3 Å². The van der Waals surface area contributed by atoms with Gasteiger partial charge in [-0.3, -0.25) is 0 Å². The van der Waals surface area contributed by atoms with Crippen LogP contribution in [0.25, 0.3) is 12.2 Å². The van der Waals surface area contributed by atoms with Crippen molar-refractivity contribution in [1.82, 2.24) is 0 Å². The summed E-state index contributed by atoms with van der Waals surface area (Å²) in [6, 6.07) is 44.0. The van der Waals surface area contributed by atoms with Gasteiger partial charge in [-0.2, -0.15) is 0 Å². The van der Waals surface area contributed by atoms with Gasteiger partial charge in [0, 0.05) is 0 Å². The number of benzene rings is 6. The number of alkyl halides is 6. The van der Waals surface area contributed by atoms with Gasteiger partial charge in [-0.1, -0.05) is 0 Å². The third-order valence-corrected chi connectivity index (χ3v) is 17.9. The number of allylic oxidation sites excluding steroid dienone is 2. The molecule has 0 saturated carbocycles. The van der Waals surface area contributed by atoms with Crippen molar-refractivity contribution < 1.29 is 56.1 Å². The second kappa shape index (κ2) is 14.2. The first-order valence-corrected chi connectivity index (χ1v) is 22.6. The molecule has 2 nitrogen and oxygen atoms in total. The maximum absolute atomic E-state index is 14.6. The van der Waals surface area contributed by atoms with E-state index < -0.39 is 67.5 Å². The zero-order chi connectivity index (χ0) is 38.7. The molecular formula is C46H32F6O2SiZr. The van der Waals surface area contributed by atoms with Crippen molar-refractivity contribution >= 4 is 20.2 Å². The number of rotatable bonds is 4. The molecule has 2 unspecified atom stereocenters. The molecule has 6 aromatic rings. The Labute approximate surface area is 334 Å². The Hall–Kier alpha value is -4.92. The van der Waals surface area contributed by atoms with Gasteiger partial charge in [0.1, 0.15) is 0 Å². The Kier molecular flexibility index (Phi) is 9.33. The predicted molar refractivity (Wildman–Crippen MR) is 203 cm³/mol. The molecule has 6 aromatic carbocycles. The molecule has 0 fully saturated rings. The quantitative estimate of drug-likeness (QED) is 0.130. The van der Waals surface area contributed by atoms with Crippen LogP contribution in [0.15, 0.2) is 156 Å². The Bertz CT molecular complexity index is 2340. The Morgan fingerprint density at radius 1 is 0.464 bits per heavy atom. The Morgan fingerprint density at radius 3 is 1.27 bits per heavy atom. The van der Waals surface area contributed by atoms with Gasteiger partial charge in [-0.25, -0.2) is 0 Å². The molecule has 0 amide bonds. The monoisotopic (exact) mass is 848 g/mol. The summed E-state index contributed by atoms with van der Waals surface area (Å²) in [5.41, 5.74) is 4.82. The molecule has 278 valence electrons. The zero-order valence-electron chi connectivity index (χ0n) is 29.7. The van der Waals surface area contributed by atoms with Crippen LogP contribution in [0.3, 0.4) is 0 Å². The van der Waals surface area contributed by atoms with E-state index in [1.54, 1.807) is 0 Å². The van der Waals surface area contributed by atoms with Crippen LogP contribution in [0.2, 0.25) is 0 Å². The second-order valence-corrected chi connectivity index (χ2v) is 20.0. The van der Waals surface area contributed by atoms with Gasteiger partial charge < -0.3 is 0 Å². The van der Waals surface area contributed by atoms with Crippen molar-refractivity contribution in [2.24, 2.45) is 0 Å². The fourth-order valence-corrected chi connectivity index (χ4v) is 16.1. The molecule has 0 saturated heterocycles. The molecule has 2 atom stereocenters. The molecule has 0 radical (unpaired) electrons. The van der Waals surface area contributed by atoms with E-state index in [-0.39, 0.29) is 11.5 Å². The molecule has 2 aliphatic carbocycles. The molecule has 0 spiro atoms. The Morgan fingerprint density at radius 2 is 0.857 bits per heavy atom. The van der Waals surface area contributed by atoms with Crippen LogP contribution in [0.4, 0.5) is 26.3 Å².